The number of hydrogen-bond donors (Lipinski definition) is 1. The molecule has 42 heavy (non-hydrogen) atoms. The second kappa shape index (κ2) is 13.4. The number of nitrogens with zero attached hydrogens (tertiary/aromatic N) is 4. The average molecular weight is 673 g/mol. The van der Waals surface area contributed by atoms with Gasteiger partial charge in [-0.05, 0) is 64.8 Å². The monoisotopic (exact) mass is 671 g/mol. The number of ether oxygens (including phenoxy) is 1. The third-order valence-electron chi connectivity index (χ3n) is 6.39. The summed E-state index contributed by atoms with van der Waals surface area (Å²) < 4.78 is 8.71. The minimum atomic E-state index is -0.446. The molecule has 2 heterocycles. The molecule has 9 nitrogen and oxygen atoms in total. The van der Waals surface area contributed by atoms with E-state index in [9.17, 15) is 14.4 Å². The van der Waals surface area contributed by atoms with Gasteiger partial charge in [0.1, 0.15) is 22.6 Å². The molecule has 2 aromatic heterocycles. The van der Waals surface area contributed by atoms with E-state index in [1.165, 1.54) is 15.9 Å². The number of aryl methyl sites for hydroxylation is 1. The minimum absolute atomic E-state index is 0.0659. The molecule has 218 valence electrons. The highest BCUT2D eigenvalue weighted by molar-refractivity contribution is 9.10. The van der Waals surface area contributed by atoms with Crippen LogP contribution < -0.4 is 15.0 Å². The molecule has 0 bridgehead atoms. The normalized spacial score (nSPS) is 11.1. The van der Waals surface area contributed by atoms with Gasteiger partial charge in [0.15, 0.2) is 0 Å². The molecule has 4 rings (SSSR count). The molecule has 0 aliphatic heterocycles. The number of halogens is 3. The predicted octanol–water partition coefficient (Wildman–Crippen LogP) is 5.79. The fraction of sp³-hybridized carbons (Fsp3) is 0.200. The van der Waals surface area contributed by atoms with Gasteiger partial charge in [-0.2, -0.15) is 0 Å². The summed E-state index contributed by atoms with van der Waals surface area (Å²) in [6.45, 7) is 1.72. The van der Waals surface area contributed by atoms with Gasteiger partial charge in [0, 0.05) is 55.6 Å². The fourth-order valence-corrected chi connectivity index (χ4v) is 4.97. The van der Waals surface area contributed by atoms with Crippen molar-refractivity contribution in [2.24, 2.45) is 0 Å². The number of likely N-dealkylation sites (N-methyl/N-ethyl adjacent to an activating group) is 1. The van der Waals surface area contributed by atoms with E-state index in [-0.39, 0.29) is 30.0 Å². The highest BCUT2D eigenvalue weighted by Crippen LogP contribution is 2.35. The smallest absolute Gasteiger partial charge is 0.253 e. The number of carbonyl (C=O) groups excluding carboxylic acids is 3. The maximum atomic E-state index is 12.9. The molecule has 2 aromatic carbocycles. The van der Waals surface area contributed by atoms with Crippen molar-refractivity contribution in [2.45, 2.75) is 13.5 Å². The third kappa shape index (κ3) is 7.13. The number of aromatic nitrogens is 2. The summed E-state index contributed by atoms with van der Waals surface area (Å²) in [6.07, 6.45) is 4.76. The molecule has 0 atom stereocenters. The number of carbonyl (C=O) groups is 3. The van der Waals surface area contributed by atoms with Gasteiger partial charge >= 0.3 is 0 Å². The van der Waals surface area contributed by atoms with Gasteiger partial charge in [-0.15, -0.1) is 0 Å². The van der Waals surface area contributed by atoms with E-state index in [2.05, 4.69) is 26.2 Å². The molecule has 0 saturated heterocycles. The summed E-state index contributed by atoms with van der Waals surface area (Å²) in [4.78, 5) is 44.5. The first-order chi connectivity index (χ1) is 20.0. The molecular formula is C30H28BrCl2N5O4. The predicted molar refractivity (Wildman–Crippen MR) is 168 cm³/mol. The van der Waals surface area contributed by atoms with Crippen LogP contribution in [0.1, 0.15) is 27.2 Å². The van der Waals surface area contributed by atoms with E-state index in [1.807, 2.05) is 17.5 Å². The lowest BCUT2D eigenvalue weighted by atomic mass is 10.1. The molecule has 0 aliphatic carbocycles. The number of fused-ring (bicyclic) bond motifs is 1. The highest BCUT2D eigenvalue weighted by Gasteiger charge is 2.19. The van der Waals surface area contributed by atoms with Crippen molar-refractivity contribution in [2.75, 3.05) is 32.6 Å². The first kappa shape index (κ1) is 31.1. The minimum Gasteiger partial charge on any atom is -0.489 e. The van der Waals surface area contributed by atoms with Crippen LogP contribution in [0.5, 0.6) is 5.75 Å². The standard InChI is InChI=1S/C30H28BrCl2N5O4/c1-18-29(31)38-14-13-21(15-25(38)35-18)42-17-22-23(32)10-11-24(28(22)33)37(4)27(40)16-34-26(39)12-7-19-5-8-20(9-6-19)30(41)36(2)3/h5-15H,16-17H2,1-4H3,(H,34,39)/b12-7+. The van der Waals surface area contributed by atoms with Crippen molar-refractivity contribution in [1.82, 2.24) is 19.6 Å². The average Bonchev–Trinajstić information content (AvgIpc) is 3.26. The van der Waals surface area contributed by atoms with Gasteiger partial charge in [0.25, 0.3) is 5.91 Å². The summed E-state index contributed by atoms with van der Waals surface area (Å²) in [5.41, 5.74) is 3.80. The maximum absolute atomic E-state index is 12.9. The Kier molecular flexibility index (Phi) is 9.93. The molecule has 0 radical (unpaired) electrons. The second-order valence-electron chi connectivity index (χ2n) is 9.55. The van der Waals surface area contributed by atoms with Crippen LogP contribution in [0.25, 0.3) is 11.7 Å². The van der Waals surface area contributed by atoms with Crippen LogP contribution in [-0.2, 0) is 16.2 Å². The van der Waals surface area contributed by atoms with Crippen molar-refractivity contribution in [1.29, 1.82) is 0 Å². The molecule has 4 aromatic rings. The van der Waals surface area contributed by atoms with E-state index < -0.39 is 5.91 Å². The van der Waals surface area contributed by atoms with Gasteiger partial charge in [-0.3, -0.25) is 18.8 Å². The summed E-state index contributed by atoms with van der Waals surface area (Å²) in [6, 6.07) is 13.7. The number of benzene rings is 2. The van der Waals surface area contributed by atoms with Crippen LogP contribution in [-0.4, -0.2) is 59.7 Å². The zero-order valence-corrected chi connectivity index (χ0v) is 26.4. The van der Waals surface area contributed by atoms with Crippen LogP contribution in [0, 0.1) is 6.92 Å². The number of nitrogens with one attached hydrogen (secondary N) is 1. The van der Waals surface area contributed by atoms with E-state index in [4.69, 9.17) is 27.9 Å². The molecule has 1 N–H and O–H groups in total. The molecule has 0 spiro atoms. The van der Waals surface area contributed by atoms with Crippen molar-refractivity contribution in [3.8, 4) is 5.75 Å². The summed E-state index contributed by atoms with van der Waals surface area (Å²) in [7, 11) is 4.92. The molecular weight excluding hydrogens is 645 g/mol. The molecule has 12 heteroatoms. The van der Waals surface area contributed by atoms with Crippen LogP contribution in [0.3, 0.4) is 0 Å². The molecule has 0 fully saturated rings. The zero-order valence-electron chi connectivity index (χ0n) is 23.3. The lowest BCUT2D eigenvalue weighted by Crippen LogP contribution is -2.37. The zero-order chi connectivity index (χ0) is 30.6. The van der Waals surface area contributed by atoms with Crippen LogP contribution in [0.15, 0.2) is 65.4 Å². The Morgan fingerprint density at radius 3 is 2.48 bits per heavy atom. The Bertz CT molecular complexity index is 1690. The summed E-state index contributed by atoms with van der Waals surface area (Å²) >= 11 is 16.6. The van der Waals surface area contributed by atoms with Gasteiger partial charge in [0.05, 0.1) is 22.9 Å². The number of pyridine rings is 1. The number of imidazole rings is 1. The van der Waals surface area contributed by atoms with E-state index in [0.717, 1.165) is 21.5 Å². The van der Waals surface area contributed by atoms with E-state index in [1.54, 1.807) is 75.7 Å². The quantitative estimate of drug-likeness (QED) is 0.227. The number of anilines is 1. The Morgan fingerprint density at radius 2 is 1.79 bits per heavy atom. The SMILES string of the molecule is Cc1nc2cc(OCc3c(Cl)ccc(N(C)C(=O)CNC(=O)/C=C/c4ccc(C(=O)N(C)C)cc4)c3Cl)ccn2c1Br. The number of rotatable bonds is 9. The van der Waals surface area contributed by atoms with E-state index in [0.29, 0.717) is 27.6 Å². The second-order valence-corrected chi connectivity index (χ2v) is 11.1. The van der Waals surface area contributed by atoms with Crippen LogP contribution in [0.4, 0.5) is 5.69 Å². The van der Waals surface area contributed by atoms with Crippen molar-refractivity contribution in [3.63, 3.8) is 0 Å². The third-order valence-corrected chi connectivity index (χ3v) is 8.12. The number of amides is 3. The molecule has 0 saturated carbocycles. The fourth-order valence-electron chi connectivity index (χ4n) is 3.98. The maximum Gasteiger partial charge on any atom is 0.253 e. The Balaban J connectivity index is 1.36. The molecule has 0 aliphatic rings. The lowest BCUT2D eigenvalue weighted by Gasteiger charge is -2.21. The Labute approximate surface area is 261 Å². The van der Waals surface area contributed by atoms with Gasteiger partial charge in [0.2, 0.25) is 11.8 Å². The Hall–Kier alpha value is -3.86. The molecule has 3 amide bonds. The largest absolute Gasteiger partial charge is 0.489 e. The highest BCUT2D eigenvalue weighted by atomic mass is 79.9. The van der Waals surface area contributed by atoms with Crippen LogP contribution in [0.2, 0.25) is 10.0 Å². The first-order valence-corrected chi connectivity index (χ1v) is 14.3. The first-order valence-electron chi connectivity index (χ1n) is 12.7. The topological polar surface area (TPSA) is 96.2 Å². The van der Waals surface area contributed by atoms with Crippen molar-refractivity contribution < 1.29 is 19.1 Å². The Morgan fingerprint density at radius 1 is 1.07 bits per heavy atom. The summed E-state index contributed by atoms with van der Waals surface area (Å²) in [5, 5.41) is 3.23. The van der Waals surface area contributed by atoms with Gasteiger partial charge in [-0.25, -0.2) is 4.98 Å². The van der Waals surface area contributed by atoms with Gasteiger partial charge < -0.3 is 19.9 Å². The van der Waals surface area contributed by atoms with Crippen LogP contribution >= 0.6 is 39.1 Å². The van der Waals surface area contributed by atoms with Gasteiger partial charge in [-0.1, -0.05) is 35.3 Å². The molecule has 0 unspecified atom stereocenters. The lowest BCUT2D eigenvalue weighted by molar-refractivity contribution is -0.122. The van der Waals surface area contributed by atoms with Crippen molar-refractivity contribution >= 4 is 74.3 Å². The van der Waals surface area contributed by atoms with E-state index >= 15 is 0 Å². The summed E-state index contributed by atoms with van der Waals surface area (Å²) in [5.74, 6) is -0.360. The van der Waals surface area contributed by atoms with Crippen molar-refractivity contribution in [3.05, 3.63) is 97.8 Å². The number of hydrogen-bond acceptors (Lipinski definition) is 5.